The molecule has 118 valence electrons. The molecule has 0 atom stereocenters. The van der Waals surface area contributed by atoms with Crippen molar-refractivity contribution in [3.63, 3.8) is 0 Å². The van der Waals surface area contributed by atoms with E-state index < -0.39 is 0 Å². The van der Waals surface area contributed by atoms with Crippen molar-refractivity contribution in [2.75, 3.05) is 13.2 Å². The fourth-order valence-electron chi connectivity index (χ4n) is 1.87. The van der Waals surface area contributed by atoms with Crippen LogP contribution in [0.1, 0.15) is 26.3 Å². The van der Waals surface area contributed by atoms with Crippen molar-refractivity contribution >= 4 is 5.91 Å². The highest BCUT2D eigenvalue weighted by Gasteiger charge is 2.12. The fraction of sp³-hybridized carbons (Fsp3) is 0.467. The third kappa shape index (κ3) is 4.83. The number of amides is 1. The maximum atomic E-state index is 11.6. The van der Waals surface area contributed by atoms with Crippen LogP contribution in [0.15, 0.2) is 30.6 Å². The van der Waals surface area contributed by atoms with E-state index in [2.05, 4.69) is 53.7 Å². The molecule has 1 amide bonds. The molecule has 1 heterocycles. The Labute approximate surface area is 129 Å². The molecule has 0 radical (unpaired) electrons. The summed E-state index contributed by atoms with van der Waals surface area (Å²) in [6, 6.07) is 8.02. The first-order valence-electron chi connectivity index (χ1n) is 7.16. The van der Waals surface area contributed by atoms with Crippen molar-refractivity contribution in [2.45, 2.75) is 32.7 Å². The fourth-order valence-corrected chi connectivity index (χ4v) is 1.87. The SMILES string of the molecule is CC(C)(C)c1ccc(OCCNC(=O)Cn2cnnn2)cc1. The third-order valence-corrected chi connectivity index (χ3v) is 3.11. The molecule has 0 aliphatic carbocycles. The monoisotopic (exact) mass is 303 g/mol. The minimum absolute atomic E-state index is 0.104. The predicted molar refractivity (Wildman–Crippen MR) is 81.5 cm³/mol. The molecule has 0 unspecified atom stereocenters. The standard InChI is InChI=1S/C15H21N5O2/c1-15(2,3)12-4-6-13(7-5-12)22-9-8-16-14(21)10-20-11-17-18-19-20/h4-7,11H,8-10H2,1-3H3,(H,16,21). The predicted octanol–water partition coefficient (Wildman–Crippen LogP) is 1.17. The van der Waals surface area contributed by atoms with E-state index in [0.29, 0.717) is 13.2 Å². The largest absolute Gasteiger partial charge is 0.492 e. The zero-order valence-corrected chi connectivity index (χ0v) is 13.1. The van der Waals surface area contributed by atoms with Gasteiger partial charge in [-0.1, -0.05) is 32.9 Å². The Morgan fingerprint density at radius 2 is 2.00 bits per heavy atom. The van der Waals surface area contributed by atoms with Crippen LogP contribution in [0.3, 0.4) is 0 Å². The summed E-state index contributed by atoms with van der Waals surface area (Å²) in [4.78, 5) is 11.6. The van der Waals surface area contributed by atoms with Crippen LogP contribution in [0.5, 0.6) is 5.75 Å². The number of carbonyl (C=O) groups is 1. The van der Waals surface area contributed by atoms with E-state index in [1.165, 1.54) is 16.6 Å². The second-order valence-corrected chi connectivity index (χ2v) is 5.98. The second-order valence-electron chi connectivity index (χ2n) is 5.98. The second kappa shape index (κ2) is 7.02. The van der Waals surface area contributed by atoms with Gasteiger partial charge in [-0.15, -0.1) is 5.10 Å². The summed E-state index contributed by atoms with van der Waals surface area (Å²) >= 11 is 0. The number of benzene rings is 1. The molecule has 1 aromatic heterocycles. The van der Waals surface area contributed by atoms with E-state index in [9.17, 15) is 4.79 Å². The Hall–Kier alpha value is -2.44. The van der Waals surface area contributed by atoms with Crippen LogP contribution >= 0.6 is 0 Å². The van der Waals surface area contributed by atoms with Gasteiger partial charge in [0.1, 0.15) is 25.2 Å². The zero-order valence-electron chi connectivity index (χ0n) is 13.1. The van der Waals surface area contributed by atoms with Crippen molar-refractivity contribution in [2.24, 2.45) is 0 Å². The highest BCUT2D eigenvalue weighted by atomic mass is 16.5. The van der Waals surface area contributed by atoms with Gasteiger partial charge in [-0.2, -0.15) is 0 Å². The van der Waals surface area contributed by atoms with E-state index in [4.69, 9.17) is 4.74 Å². The molecule has 0 fully saturated rings. The molecule has 2 aromatic rings. The lowest BCUT2D eigenvalue weighted by atomic mass is 9.87. The normalized spacial score (nSPS) is 11.2. The van der Waals surface area contributed by atoms with E-state index >= 15 is 0 Å². The number of ether oxygens (including phenoxy) is 1. The number of nitrogens with one attached hydrogen (secondary N) is 1. The molecule has 0 saturated carbocycles. The van der Waals surface area contributed by atoms with E-state index in [-0.39, 0.29) is 17.9 Å². The first-order valence-corrected chi connectivity index (χ1v) is 7.16. The third-order valence-electron chi connectivity index (χ3n) is 3.11. The number of hydrogen-bond donors (Lipinski definition) is 1. The highest BCUT2D eigenvalue weighted by molar-refractivity contribution is 5.75. The van der Waals surface area contributed by atoms with Crippen LogP contribution in [-0.4, -0.2) is 39.3 Å². The van der Waals surface area contributed by atoms with Gasteiger partial charge in [-0.05, 0) is 33.5 Å². The first kappa shape index (κ1) is 15.9. The number of rotatable bonds is 6. The molecule has 0 bridgehead atoms. The van der Waals surface area contributed by atoms with Gasteiger partial charge in [0.15, 0.2) is 0 Å². The van der Waals surface area contributed by atoms with Crippen molar-refractivity contribution in [1.29, 1.82) is 0 Å². The van der Waals surface area contributed by atoms with Gasteiger partial charge in [0, 0.05) is 0 Å². The lowest BCUT2D eigenvalue weighted by molar-refractivity contribution is -0.121. The van der Waals surface area contributed by atoms with Gasteiger partial charge in [0.25, 0.3) is 0 Å². The molecule has 7 heteroatoms. The zero-order chi connectivity index (χ0) is 16.0. The maximum absolute atomic E-state index is 11.6. The lowest BCUT2D eigenvalue weighted by Crippen LogP contribution is -2.31. The van der Waals surface area contributed by atoms with E-state index in [0.717, 1.165) is 5.75 Å². The molecule has 7 nitrogen and oxygen atoms in total. The Kier molecular flexibility index (Phi) is 5.08. The Morgan fingerprint density at radius 1 is 1.27 bits per heavy atom. The Morgan fingerprint density at radius 3 is 2.59 bits per heavy atom. The first-order chi connectivity index (χ1) is 10.4. The van der Waals surface area contributed by atoms with Crippen LogP contribution in [0.25, 0.3) is 0 Å². The summed E-state index contributed by atoms with van der Waals surface area (Å²) in [5.74, 6) is 0.640. The quantitative estimate of drug-likeness (QED) is 0.810. The number of hydrogen-bond acceptors (Lipinski definition) is 5. The molecule has 22 heavy (non-hydrogen) atoms. The minimum Gasteiger partial charge on any atom is -0.492 e. The summed E-state index contributed by atoms with van der Waals surface area (Å²) in [5.41, 5.74) is 1.39. The summed E-state index contributed by atoms with van der Waals surface area (Å²) in [6.07, 6.45) is 1.40. The average molecular weight is 303 g/mol. The van der Waals surface area contributed by atoms with Gasteiger partial charge < -0.3 is 10.1 Å². The van der Waals surface area contributed by atoms with Crippen LogP contribution in [-0.2, 0) is 16.8 Å². The number of nitrogens with zero attached hydrogens (tertiary/aromatic N) is 4. The Balaban J connectivity index is 1.69. The minimum atomic E-state index is -0.154. The summed E-state index contributed by atoms with van der Waals surface area (Å²) in [6.45, 7) is 7.46. The van der Waals surface area contributed by atoms with Gasteiger partial charge in [0.2, 0.25) is 5.91 Å². The topological polar surface area (TPSA) is 81.9 Å². The van der Waals surface area contributed by atoms with Crippen molar-refractivity contribution in [3.8, 4) is 5.75 Å². The van der Waals surface area contributed by atoms with Crippen LogP contribution in [0.2, 0.25) is 0 Å². The Bertz CT molecular complexity index is 587. The van der Waals surface area contributed by atoms with Gasteiger partial charge >= 0.3 is 0 Å². The summed E-state index contributed by atoms with van der Waals surface area (Å²) < 4.78 is 6.96. The molecule has 0 spiro atoms. The summed E-state index contributed by atoms with van der Waals surface area (Å²) in [5, 5.41) is 13.3. The molecular weight excluding hydrogens is 282 g/mol. The van der Waals surface area contributed by atoms with Crippen LogP contribution in [0, 0.1) is 0 Å². The number of carbonyl (C=O) groups excluding carboxylic acids is 1. The van der Waals surface area contributed by atoms with Crippen LogP contribution in [0.4, 0.5) is 0 Å². The molecule has 0 saturated heterocycles. The van der Waals surface area contributed by atoms with Crippen molar-refractivity contribution in [3.05, 3.63) is 36.2 Å². The molecule has 0 aliphatic heterocycles. The van der Waals surface area contributed by atoms with Gasteiger partial charge in [-0.3, -0.25) is 4.79 Å². The molecular formula is C15H21N5O2. The van der Waals surface area contributed by atoms with Crippen molar-refractivity contribution in [1.82, 2.24) is 25.5 Å². The van der Waals surface area contributed by atoms with Crippen molar-refractivity contribution < 1.29 is 9.53 Å². The molecule has 1 aromatic carbocycles. The molecule has 2 rings (SSSR count). The number of aromatic nitrogens is 4. The average Bonchev–Trinajstić information content (AvgIpc) is 2.96. The summed E-state index contributed by atoms with van der Waals surface area (Å²) in [7, 11) is 0. The molecule has 1 N–H and O–H groups in total. The lowest BCUT2D eigenvalue weighted by Gasteiger charge is -2.19. The van der Waals surface area contributed by atoms with Crippen LogP contribution < -0.4 is 10.1 Å². The maximum Gasteiger partial charge on any atom is 0.241 e. The van der Waals surface area contributed by atoms with Gasteiger partial charge in [-0.25, -0.2) is 4.68 Å². The smallest absolute Gasteiger partial charge is 0.241 e. The highest BCUT2D eigenvalue weighted by Crippen LogP contribution is 2.24. The molecule has 0 aliphatic rings. The van der Waals surface area contributed by atoms with Gasteiger partial charge in [0.05, 0.1) is 6.54 Å². The van der Waals surface area contributed by atoms with E-state index in [1.807, 2.05) is 12.1 Å². The number of tetrazole rings is 1. The van der Waals surface area contributed by atoms with E-state index in [1.54, 1.807) is 0 Å².